The molecule has 4 nitrogen and oxygen atoms in total. The number of rotatable bonds is 8. The van der Waals surface area contributed by atoms with Crippen molar-refractivity contribution in [2.45, 2.75) is 31.1 Å². The zero-order valence-electron chi connectivity index (χ0n) is 11.3. The average molecular weight is 307 g/mol. The number of benzene rings is 1. The number of aliphatic hydroxyl groups is 1. The molecular formula is C13H19F2NO3S. The molecule has 20 heavy (non-hydrogen) atoms. The van der Waals surface area contributed by atoms with Crippen LogP contribution < -0.4 is 0 Å². The van der Waals surface area contributed by atoms with Gasteiger partial charge in [0.1, 0.15) is 11.6 Å². The Balaban J connectivity index is 3.14. The first-order chi connectivity index (χ1) is 9.45. The Labute approximate surface area is 118 Å². The van der Waals surface area contributed by atoms with Gasteiger partial charge in [-0.2, -0.15) is 4.31 Å². The summed E-state index contributed by atoms with van der Waals surface area (Å²) in [5, 5.41) is 8.82. The van der Waals surface area contributed by atoms with Crippen molar-refractivity contribution < 1.29 is 22.3 Å². The number of sulfonamides is 1. The molecule has 114 valence electrons. The van der Waals surface area contributed by atoms with E-state index in [-0.39, 0.29) is 26.1 Å². The van der Waals surface area contributed by atoms with E-state index in [2.05, 4.69) is 0 Å². The molecule has 0 fully saturated rings. The van der Waals surface area contributed by atoms with E-state index in [9.17, 15) is 17.2 Å². The number of halogens is 2. The van der Waals surface area contributed by atoms with Gasteiger partial charge in [-0.15, -0.1) is 0 Å². The van der Waals surface area contributed by atoms with Gasteiger partial charge in [0.25, 0.3) is 0 Å². The molecule has 0 atom stereocenters. The normalized spacial score (nSPS) is 12.1. The van der Waals surface area contributed by atoms with E-state index in [1.54, 1.807) is 0 Å². The molecule has 7 heteroatoms. The fourth-order valence-corrected chi connectivity index (χ4v) is 3.42. The van der Waals surface area contributed by atoms with E-state index < -0.39 is 26.6 Å². The van der Waals surface area contributed by atoms with E-state index in [1.165, 1.54) is 0 Å². The number of aliphatic hydroxyl groups excluding tert-OH is 1. The van der Waals surface area contributed by atoms with Gasteiger partial charge in [0.15, 0.2) is 4.90 Å². The molecule has 0 saturated heterocycles. The highest BCUT2D eigenvalue weighted by Crippen LogP contribution is 2.23. The monoisotopic (exact) mass is 307 g/mol. The van der Waals surface area contributed by atoms with Gasteiger partial charge >= 0.3 is 0 Å². The first-order valence-corrected chi connectivity index (χ1v) is 7.94. The second kappa shape index (κ2) is 7.66. The van der Waals surface area contributed by atoms with Crippen LogP contribution in [-0.2, 0) is 10.0 Å². The molecule has 0 aliphatic heterocycles. The molecule has 0 heterocycles. The van der Waals surface area contributed by atoms with Crippen molar-refractivity contribution >= 4 is 10.0 Å². The zero-order chi connectivity index (χ0) is 15.2. The van der Waals surface area contributed by atoms with Gasteiger partial charge in [0.05, 0.1) is 0 Å². The van der Waals surface area contributed by atoms with Crippen LogP contribution in [0.3, 0.4) is 0 Å². The molecule has 0 radical (unpaired) electrons. The topological polar surface area (TPSA) is 57.6 Å². The van der Waals surface area contributed by atoms with Gasteiger partial charge in [0, 0.05) is 19.7 Å². The summed E-state index contributed by atoms with van der Waals surface area (Å²) in [4.78, 5) is -0.922. The summed E-state index contributed by atoms with van der Waals surface area (Å²) < 4.78 is 53.0. The second-order valence-corrected chi connectivity index (χ2v) is 6.26. The third-order valence-corrected chi connectivity index (χ3v) is 4.79. The van der Waals surface area contributed by atoms with Crippen LogP contribution in [0.1, 0.15) is 26.2 Å². The third-order valence-electron chi connectivity index (χ3n) is 2.84. The molecule has 1 rings (SSSR count). The lowest BCUT2D eigenvalue weighted by atomic mass is 10.3. The van der Waals surface area contributed by atoms with Gasteiger partial charge in [0.2, 0.25) is 10.0 Å². The Kier molecular flexibility index (Phi) is 6.51. The Morgan fingerprint density at radius 1 is 1.15 bits per heavy atom. The number of hydrogen-bond acceptors (Lipinski definition) is 3. The first-order valence-electron chi connectivity index (χ1n) is 6.50. The van der Waals surface area contributed by atoms with Crippen LogP contribution in [0, 0.1) is 11.6 Å². The fraction of sp³-hybridized carbons (Fsp3) is 0.538. The van der Waals surface area contributed by atoms with Crippen molar-refractivity contribution in [2.24, 2.45) is 0 Å². The predicted molar refractivity (Wildman–Crippen MR) is 71.7 cm³/mol. The largest absolute Gasteiger partial charge is 0.396 e. The minimum atomic E-state index is -4.23. The third kappa shape index (κ3) is 3.97. The Hall–Kier alpha value is -1.05. The minimum Gasteiger partial charge on any atom is -0.396 e. The second-order valence-electron chi connectivity index (χ2n) is 4.39. The lowest BCUT2D eigenvalue weighted by Gasteiger charge is -2.22. The Bertz CT molecular complexity index is 506. The number of hydrogen-bond donors (Lipinski definition) is 1. The van der Waals surface area contributed by atoms with Crippen molar-refractivity contribution in [1.82, 2.24) is 4.31 Å². The Morgan fingerprint density at radius 2 is 1.70 bits per heavy atom. The lowest BCUT2D eigenvalue weighted by molar-refractivity contribution is 0.268. The number of unbranched alkanes of at least 4 members (excludes halogenated alkanes) is 1. The maximum atomic E-state index is 13.7. The van der Waals surface area contributed by atoms with Crippen LogP contribution in [0.2, 0.25) is 0 Å². The van der Waals surface area contributed by atoms with Crippen molar-refractivity contribution in [2.75, 3.05) is 19.7 Å². The van der Waals surface area contributed by atoms with Crippen LogP contribution in [0.5, 0.6) is 0 Å². The van der Waals surface area contributed by atoms with Crippen LogP contribution in [0.15, 0.2) is 23.1 Å². The van der Waals surface area contributed by atoms with Crippen LogP contribution in [-0.4, -0.2) is 37.5 Å². The molecule has 0 saturated carbocycles. The molecule has 0 amide bonds. The summed E-state index contributed by atoms with van der Waals surface area (Å²) in [7, 11) is -4.23. The van der Waals surface area contributed by atoms with Gasteiger partial charge in [-0.1, -0.05) is 19.4 Å². The smallest absolute Gasteiger partial charge is 0.248 e. The summed E-state index contributed by atoms with van der Waals surface area (Å²) in [6.07, 6.45) is 1.56. The van der Waals surface area contributed by atoms with Crippen LogP contribution in [0.4, 0.5) is 8.78 Å². The molecule has 0 unspecified atom stereocenters. The van der Waals surface area contributed by atoms with E-state index >= 15 is 0 Å². The fourth-order valence-electron chi connectivity index (χ4n) is 1.79. The van der Waals surface area contributed by atoms with Crippen molar-refractivity contribution in [1.29, 1.82) is 0 Å². The summed E-state index contributed by atoms with van der Waals surface area (Å²) in [6, 6.07) is 2.95. The summed E-state index contributed by atoms with van der Waals surface area (Å²) in [5.74, 6) is -2.20. The van der Waals surface area contributed by atoms with E-state index in [0.29, 0.717) is 6.42 Å². The maximum Gasteiger partial charge on any atom is 0.248 e. The molecule has 1 aromatic rings. The molecule has 0 spiro atoms. The van der Waals surface area contributed by atoms with Crippen molar-refractivity contribution in [3.63, 3.8) is 0 Å². The molecule has 1 N–H and O–H groups in total. The molecule has 1 aromatic carbocycles. The van der Waals surface area contributed by atoms with Gasteiger partial charge in [-0.05, 0) is 25.0 Å². The average Bonchev–Trinajstić information content (AvgIpc) is 2.38. The van der Waals surface area contributed by atoms with Gasteiger partial charge < -0.3 is 5.11 Å². The van der Waals surface area contributed by atoms with E-state index in [1.807, 2.05) is 6.92 Å². The zero-order valence-corrected chi connectivity index (χ0v) is 12.2. The predicted octanol–water partition coefficient (Wildman–Crippen LogP) is 2.14. The molecule has 0 bridgehead atoms. The quantitative estimate of drug-likeness (QED) is 0.800. The van der Waals surface area contributed by atoms with Crippen molar-refractivity contribution in [3.8, 4) is 0 Å². The molecule has 0 aliphatic rings. The SMILES string of the molecule is CCCCN(CCCO)S(=O)(=O)c1c(F)cccc1F. The number of nitrogens with zero attached hydrogens (tertiary/aromatic N) is 1. The van der Waals surface area contributed by atoms with E-state index in [4.69, 9.17) is 5.11 Å². The maximum absolute atomic E-state index is 13.7. The van der Waals surface area contributed by atoms with E-state index in [0.717, 1.165) is 28.9 Å². The van der Waals surface area contributed by atoms with Gasteiger partial charge in [-0.3, -0.25) is 0 Å². The molecule has 0 aliphatic carbocycles. The highest BCUT2D eigenvalue weighted by molar-refractivity contribution is 7.89. The lowest BCUT2D eigenvalue weighted by Crippen LogP contribution is -2.34. The highest BCUT2D eigenvalue weighted by atomic mass is 32.2. The van der Waals surface area contributed by atoms with Crippen LogP contribution >= 0.6 is 0 Å². The Morgan fingerprint density at radius 3 is 2.20 bits per heavy atom. The van der Waals surface area contributed by atoms with Crippen molar-refractivity contribution in [3.05, 3.63) is 29.8 Å². The summed E-state index contributed by atoms with van der Waals surface area (Å²) in [5.41, 5.74) is 0. The summed E-state index contributed by atoms with van der Waals surface area (Å²) in [6.45, 7) is 1.91. The van der Waals surface area contributed by atoms with Gasteiger partial charge in [-0.25, -0.2) is 17.2 Å². The standard InChI is InChI=1S/C13H19F2NO3S/c1-2-3-8-16(9-5-10-17)20(18,19)13-11(14)6-4-7-12(13)15/h4,6-7,17H,2-3,5,8-10H2,1H3. The van der Waals surface area contributed by atoms with Crippen LogP contribution in [0.25, 0.3) is 0 Å². The summed E-state index contributed by atoms with van der Waals surface area (Å²) >= 11 is 0. The molecular weight excluding hydrogens is 288 g/mol. The minimum absolute atomic E-state index is 0.0343. The molecule has 0 aromatic heterocycles. The highest BCUT2D eigenvalue weighted by Gasteiger charge is 2.29. The first kappa shape index (κ1) is 17.0.